The van der Waals surface area contributed by atoms with E-state index in [9.17, 15) is 0 Å². The molecule has 23 heavy (non-hydrogen) atoms. The summed E-state index contributed by atoms with van der Waals surface area (Å²) in [6, 6.07) is 0. The number of hydrogen-bond donors (Lipinski definition) is 0. The molecule has 0 aromatic carbocycles. The van der Waals surface area contributed by atoms with Crippen molar-refractivity contribution in [2.24, 2.45) is 5.92 Å². The van der Waals surface area contributed by atoms with Gasteiger partial charge in [0, 0.05) is 0 Å². The second kappa shape index (κ2) is 8.99. The summed E-state index contributed by atoms with van der Waals surface area (Å²) in [6.45, 7) is 9.85. The van der Waals surface area contributed by atoms with Crippen molar-refractivity contribution in [2.75, 3.05) is 0 Å². The van der Waals surface area contributed by atoms with Gasteiger partial charge in [0.25, 0.3) is 0 Å². The van der Waals surface area contributed by atoms with Gasteiger partial charge in [-0.2, -0.15) is 0 Å². The minimum Gasteiger partial charge on any atom is -1.00 e. The van der Waals surface area contributed by atoms with Gasteiger partial charge in [0.05, 0.1) is 0 Å². The van der Waals surface area contributed by atoms with Crippen molar-refractivity contribution < 1.29 is 45.2 Å². The van der Waals surface area contributed by atoms with E-state index in [-0.39, 0.29) is 30.2 Å². The molecule has 0 aromatic rings. The Bertz CT molecular complexity index is 686. The molecule has 0 amide bonds. The van der Waals surface area contributed by atoms with Crippen LogP contribution in [0.15, 0.2) is 68.6 Å². The van der Waals surface area contributed by atoms with Crippen LogP contribution in [-0.2, 0) is 20.4 Å². The van der Waals surface area contributed by atoms with E-state index in [0.717, 1.165) is 3.63 Å². The first-order valence-electron chi connectivity index (χ1n) is 7.90. The molecule has 2 atom stereocenters. The SMILES string of the molecule is CC1=CC2=C(C=CC=CC2C)[CH]1[Zr+2]([C]1=CC=CC1)=[Si](C)C.[Cl-].[Cl-]. The number of halogens is 2. The van der Waals surface area contributed by atoms with E-state index >= 15 is 0 Å². The summed E-state index contributed by atoms with van der Waals surface area (Å²) in [6.07, 6.45) is 20.1. The maximum atomic E-state index is 2.56. The molecule has 0 heterocycles. The molecule has 0 radical (unpaired) electrons. The number of hydrogen-bond acceptors (Lipinski definition) is 0. The van der Waals surface area contributed by atoms with Crippen molar-refractivity contribution in [3.8, 4) is 0 Å². The first-order valence-corrected chi connectivity index (χ1v) is 16.7. The van der Waals surface area contributed by atoms with Crippen molar-refractivity contribution >= 4 is 5.43 Å². The summed E-state index contributed by atoms with van der Waals surface area (Å²) in [4.78, 5) is 0. The van der Waals surface area contributed by atoms with Gasteiger partial charge in [-0.15, -0.1) is 0 Å². The molecular weight excluding hydrogens is 418 g/mol. The van der Waals surface area contributed by atoms with Crippen LogP contribution < -0.4 is 24.8 Å². The maximum Gasteiger partial charge on any atom is -1.00 e. The minimum absolute atomic E-state index is 0. The maximum absolute atomic E-state index is 2.56. The van der Waals surface area contributed by atoms with Crippen LogP contribution in [0.25, 0.3) is 0 Å². The molecule has 3 aliphatic rings. The molecule has 122 valence electrons. The zero-order chi connectivity index (χ0) is 15.0. The van der Waals surface area contributed by atoms with Crippen LogP contribution in [0.1, 0.15) is 20.3 Å². The average molecular weight is 443 g/mol. The monoisotopic (exact) mass is 440 g/mol. The van der Waals surface area contributed by atoms with E-state index < -0.39 is 20.4 Å². The van der Waals surface area contributed by atoms with Gasteiger partial charge >= 0.3 is 137 Å². The summed E-state index contributed by atoms with van der Waals surface area (Å²) in [5.74, 6) is 0.569. The third-order valence-electron chi connectivity index (χ3n) is 4.70. The van der Waals surface area contributed by atoms with E-state index in [1.54, 1.807) is 16.7 Å². The van der Waals surface area contributed by atoms with Crippen LogP contribution in [0.5, 0.6) is 0 Å². The fourth-order valence-electron chi connectivity index (χ4n) is 3.73. The molecule has 0 spiro atoms. The Kier molecular flexibility index (Phi) is 8.28. The molecule has 0 N–H and O–H groups in total. The van der Waals surface area contributed by atoms with Crippen LogP contribution in [0.3, 0.4) is 0 Å². The van der Waals surface area contributed by atoms with E-state index in [1.807, 2.05) is 3.28 Å². The smallest absolute Gasteiger partial charge is 1.00 e. The molecule has 2 unspecified atom stereocenters. The van der Waals surface area contributed by atoms with Gasteiger partial charge in [-0.25, -0.2) is 0 Å². The quantitative estimate of drug-likeness (QED) is 0.507. The fourth-order valence-corrected chi connectivity index (χ4v) is 22.5. The number of rotatable bonds is 2. The van der Waals surface area contributed by atoms with Crippen LogP contribution in [0.4, 0.5) is 0 Å². The van der Waals surface area contributed by atoms with Gasteiger partial charge in [0.15, 0.2) is 0 Å². The van der Waals surface area contributed by atoms with Crippen molar-refractivity contribution in [3.05, 3.63) is 68.6 Å². The van der Waals surface area contributed by atoms with Crippen molar-refractivity contribution in [1.82, 2.24) is 0 Å². The predicted molar refractivity (Wildman–Crippen MR) is 91.3 cm³/mol. The molecule has 0 aromatic heterocycles. The molecule has 0 fully saturated rings. The van der Waals surface area contributed by atoms with Gasteiger partial charge in [-0.3, -0.25) is 0 Å². The molecular formula is C19H24Cl2SiZr. The molecule has 0 saturated carbocycles. The second-order valence-corrected chi connectivity index (χ2v) is 24.1. The Morgan fingerprint density at radius 1 is 1.09 bits per heavy atom. The third kappa shape index (κ3) is 4.21. The van der Waals surface area contributed by atoms with Crippen LogP contribution in [-0.4, -0.2) is 5.43 Å². The van der Waals surface area contributed by atoms with Crippen molar-refractivity contribution in [3.63, 3.8) is 0 Å². The Balaban J connectivity index is 0.00000132. The molecule has 0 saturated heterocycles. The van der Waals surface area contributed by atoms with Crippen LogP contribution >= 0.6 is 0 Å². The standard InChI is InChI=1S/C12H13.C5H5.C2H6Si.2ClH.Zr/c1-9-7-11-6-4-3-5-10(2)12(11)8-9;1-2-4-5-3-1;1-3-2;;;/h3-8,10H,1-2H3;1-3H,4H2;1-2H3;2*1H;/q;;;;;+2/p-2. The topological polar surface area (TPSA) is 0 Å². The van der Waals surface area contributed by atoms with Crippen molar-refractivity contribution in [2.45, 2.75) is 37.0 Å². The van der Waals surface area contributed by atoms with E-state index in [1.165, 1.54) is 6.42 Å². The van der Waals surface area contributed by atoms with Gasteiger partial charge in [0.2, 0.25) is 0 Å². The Morgan fingerprint density at radius 3 is 2.43 bits per heavy atom. The first-order chi connectivity index (χ1) is 10.1. The van der Waals surface area contributed by atoms with E-state index in [4.69, 9.17) is 0 Å². The average Bonchev–Trinajstić information content (AvgIpc) is 3.01. The molecule has 0 nitrogen and oxygen atoms in total. The largest absolute Gasteiger partial charge is 1.00 e. The Morgan fingerprint density at radius 2 is 1.83 bits per heavy atom. The van der Waals surface area contributed by atoms with Crippen molar-refractivity contribution in [1.29, 1.82) is 0 Å². The zero-order valence-electron chi connectivity index (χ0n) is 14.2. The van der Waals surface area contributed by atoms with E-state index in [0.29, 0.717) is 5.92 Å². The normalized spacial score (nSPS) is 24.0. The van der Waals surface area contributed by atoms with Gasteiger partial charge in [-0.05, 0) is 0 Å². The Hall–Kier alpha value is 0.120. The first kappa shape index (κ1) is 21.2. The van der Waals surface area contributed by atoms with Gasteiger partial charge in [0.1, 0.15) is 0 Å². The third-order valence-corrected chi connectivity index (χ3v) is 23.2. The molecule has 3 aliphatic carbocycles. The van der Waals surface area contributed by atoms with Crippen LogP contribution in [0, 0.1) is 5.92 Å². The summed E-state index contributed by atoms with van der Waals surface area (Å²) in [5.41, 5.74) is 4.72. The summed E-state index contributed by atoms with van der Waals surface area (Å²) >= 11 is -1.60. The molecule has 0 bridgehead atoms. The zero-order valence-corrected chi connectivity index (χ0v) is 19.2. The fraction of sp³-hybridized carbons (Fsp3) is 0.368. The molecule has 3 rings (SSSR count). The van der Waals surface area contributed by atoms with Crippen LogP contribution in [0.2, 0.25) is 16.7 Å². The number of allylic oxidation sites excluding steroid dienone is 12. The minimum atomic E-state index is -1.60. The van der Waals surface area contributed by atoms with Gasteiger partial charge in [-0.1, -0.05) is 0 Å². The summed E-state index contributed by atoms with van der Waals surface area (Å²) < 4.78 is 2.65. The Labute approximate surface area is 161 Å². The van der Waals surface area contributed by atoms with E-state index in [2.05, 4.69) is 75.5 Å². The summed E-state index contributed by atoms with van der Waals surface area (Å²) in [5, 5.41) is 0. The van der Waals surface area contributed by atoms with Gasteiger partial charge < -0.3 is 24.8 Å². The second-order valence-electron chi connectivity index (χ2n) is 6.50. The summed E-state index contributed by atoms with van der Waals surface area (Å²) in [7, 11) is 0. The predicted octanol–water partition coefficient (Wildman–Crippen LogP) is -0.485. The molecule has 0 aliphatic heterocycles. The molecule has 4 heteroatoms.